The predicted octanol–water partition coefficient (Wildman–Crippen LogP) is 3.03. The molecule has 1 aliphatic rings. The first kappa shape index (κ1) is 12.6. The van der Waals surface area contributed by atoms with Gasteiger partial charge in [0.1, 0.15) is 11.8 Å². The van der Waals surface area contributed by atoms with E-state index in [4.69, 9.17) is 4.74 Å². The summed E-state index contributed by atoms with van der Waals surface area (Å²) in [6.07, 6.45) is 0.318. The maximum atomic E-state index is 11.4. The standard InChI is InChI=1S/C14H17NO3/c1-4-11-12(10-8-6-5-7-9-10)18-14(2,3)15(11)13(16)17/h4-9,11-12H,1H2,2-3H3,(H,16,17)/t11-,12-/m1/s1. The molecule has 0 unspecified atom stereocenters. The van der Waals surface area contributed by atoms with Gasteiger partial charge in [0.25, 0.3) is 0 Å². The van der Waals surface area contributed by atoms with E-state index in [0.717, 1.165) is 5.56 Å². The zero-order chi connectivity index (χ0) is 13.3. The quantitative estimate of drug-likeness (QED) is 0.817. The number of benzene rings is 1. The second-order valence-corrected chi connectivity index (χ2v) is 4.77. The summed E-state index contributed by atoms with van der Waals surface area (Å²) in [6.45, 7) is 7.23. The smallest absolute Gasteiger partial charge is 0.410 e. The number of hydrogen-bond donors (Lipinski definition) is 1. The van der Waals surface area contributed by atoms with Crippen LogP contribution in [-0.4, -0.2) is 27.9 Å². The van der Waals surface area contributed by atoms with Crippen molar-refractivity contribution >= 4 is 6.09 Å². The molecule has 18 heavy (non-hydrogen) atoms. The summed E-state index contributed by atoms with van der Waals surface area (Å²) in [7, 11) is 0. The van der Waals surface area contributed by atoms with E-state index in [-0.39, 0.29) is 12.1 Å². The van der Waals surface area contributed by atoms with Crippen LogP contribution in [0, 0.1) is 0 Å². The van der Waals surface area contributed by atoms with E-state index in [2.05, 4.69) is 6.58 Å². The highest BCUT2D eigenvalue weighted by Gasteiger charge is 2.49. The van der Waals surface area contributed by atoms with E-state index in [0.29, 0.717) is 0 Å². The van der Waals surface area contributed by atoms with Gasteiger partial charge in [0.15, 0.2) is 0 Å². The fourth-order valence-electron chi connectivity index (χ4n) is 2.43. The van der Waals surface area contributed by atoms with Gasteiger partial charge in [0.05, 0.1) is 6.04 Å². The lowest BCUT2D eigenvalue weighted by atomic mass is 10.0. The number of amides is 1. The SMILES string of the molecule is C=C[C@@H]1[C@@H](c2ccccc2)OC(C)(C)N1C(=O)O. The lowest BCUT2D eigenvalue weighted by molar-refractivity contribution is -0.0673. The third kappa shape index (κ3) is 1.99. The highest BCUT2D eigenvalue weighted by Crippen LogP contribution is 2.41. The van der Waals surface area contributed by atoms with Crippen molar-refractivity contribution < 1.29 is 14.6 Å². The van der Waals surface area contributed by atoms with Crippen LogP contribution in [0.5, 0.6) is 0 Å². The molecule has 0 saturated carbocycles. The highest BCUT2D eigenvalue weighted by atomic mass is 16.6. The monoisotopic (exact) mass is 247 g/mol. The Kier molecular flexibility index (Phi) is 3.13. The molecular formula is C14H17NO3. The fourth-order valence-corrected chi connectivity index (χ4v) is 2.43. The fraction of sp³-hybridized carbons (Fsp3) is 0.357. The van der Waals surface area contributed by atoms with Gasteiger partial charge in [-0.15, -0.1) is 6.58 Å². The van der Waals surface area contributed by atoms with E-state index < -0.39 is 11.8 Å². The number of carboxylic acid groups (broad SMARTS) is 1. The molecule has 1 aromatic rings. The average Bonchev–Trinajstić information content (AvgIpc) is 2.61. The van der Waals surface area contributed by atoms with Gasteiger partial charge in [-0.2, -0.15) is 0 Å². The Labute approximate surface area is 106 Å². The zero-order valence-electron chi connectivity index (χ0n) is 10.5. The van der Waals surface area contributed by atoms with E-state index >= 15 is 0 Å². The molecule has 1 aliphatic heterocycles. The molecule has 4 nitrogen and oxygen atoms in total. The summed E-state index contributed by atoms with van der Waals surface area (Å²) < 4.78 is 5.89. The molecule has 2 atom stereocenters. The van der Waals surface area contributed by atoms with Gasteiger partial charge in [-0.05, 0) is 19.4 Å². The molecule has 0 radical (unpaired) electrons. The van der Waals surface area contributed by atoms with Gasteiger partial charge in [0, 0.05) is 0 Å². The van der Waals surface area contributed by atoms with Crippen molar-refractivity contribution in [2.24, 2.45) is 0 Å². The number of hydrogen-bond acceptors (Lipinski definition) is 2. The second kappa shape index (κ2) is 4.46. The Bertz CT molecular complexity index is 455. The molecule has 1 saturated heterocycles. The summed E-state index contributed by atoms with van der Waals surface area (Å²) in [4.78, 5) is 12.7. The van der Waals surface area contributed by atoms with Gasteiger partial charge in [-0.1, -0.05) is 36.4 Å². The third-order valence-electron chi connectivity index (χ3n) is 3.18. The Morgan fingerprint density at radius 2 is 2.06 bits per heavy atom. The van der Waals surface area contributed by atoms with Gasteiger partial charge in [-0.3, -0.25) is 4.90 Å². The lowest BCUT2D eigenvalue weighted by Crippen LogP contribution is -2.46. The molecule has 2 rings (SSSR count). The van der Waals surface area contributed by atoms with Crippen molar-refractivity contribution in [3.63, 3.8) is 0 Å². The maximum absolute atomic E-state index is 11.4. The normalized spacial score (nSPS) is 26.0. The van der Waals surface area contributed by atoms with Gasteiger partial charge >= 0.3 is 6.09 Å². The van der Waals surface area contributed by atoms with Crippen molar-refractivity contribution in [2.75, 3.05) is 0 Å². The molecular weight excluding hydrogens is 230 g/mol. The number of rotatable bonds is 2. The third-order valence-corrected chi connectivity index (χ3v) is 3.18. The minimum Gasteiger partial charge on any atom is -0.465 e. The Hall–Kier alpha value is -1.81. The number of nitrogens with zero attached hydrogens (tertiary/aromatic N) is 1. The van der Waals surface area contributed by atoms with E-state index in [9.17, 15) is 9.90 Å². The molecule has 1 aromatic carbocycles. The van der Waals surface area contributed by atoms with Gasteiger partial charge in [0.2, 0.25) is 0 Å². The second-order valence-electron chi connectivity index (χ2n) is 4.77. The molecule has 0 bridgehead atoms. The molecule has 1 heterocycles. The van der Waals surface area contributed by atoms with Crippen LogP contribution in [0.15, 0.2) is 43.0 Å². The minimum absolute atomic E-state index is 0.310. The van der Waals surface area contributed by atoms with Gasteiger partial charge < -0.3 is 9.84 Å². The first-order valence-electron chi connectivity index (χ1n) is 5.85. The summed E-state index contributed by atoms with van der Waals surface area (Å²) in [6, 6.07) is 9.23. The molecule has 1 N–H and O–H groups in total. The minimum atomic E-state index is -0.997. The van der Waals surface area contributed by atoms with Crippen LogP contribution in [0.2, 0.25) is 0 Å². The molecule has 0 spiro atoms. The van der Waals surface area contributed by atoms with Crippen molar-refractivity contribution in [3.05, 3.63) is 48.6 Å². The van der Waals surface area contributed by atoms with Gasteiger partial charge in [-0.25, -0.2) is 4.79 Å². The Morgan fingerprint density at radius 3 is 2.56 bits per heavy atom. The van der Waals surface area contributed by atoms with Crippen molar-refractivity contribution in [3.8, 4) is 0 Å². The Morgan fingerprint density at radius 1 is 1.44 bits per heavy atom. The van der Waals surface area contributed by atoms with Crippen LogP contribution < -0.4 is 0 Å². The summed E-state index contributed by atoms with van der Waals surface area (Å²) in [5.74, 6) is 0. The van der Waals surface area contributed by atoms with Crippen molar-refractivity contribution in [1.29, 1.82) is 0 Å². The maximum Gasteiger partial charge on any atom is 0.410 e. The average molecular weight is 247 g/mol. The number of ether oxygens (including phenoxy) is 1. The first-order valence-corrected chi connectivity index (χ1v) is 5.85. The molecule has 0 aromatic heterocycles. The zero-order valence-corrected chi connectivity index (χ0v) is 10.5. The van der Waals surface area contributed by atoms with Crippen LogP contribution in [0.3, 0.4) is 0 Å². The summed E-state index contributed by atoms with van der Waals surface area (Å²) in [5, 5.41) is 9.31. The highest BCUT2D eigenvalue weighted by molar-refractivity contribution is 5.67. The van der Waals surface area contributed by atoms with Crippen LogP contribution in [0.4, 0.5) is 4.79 Å². The van der Waals surface area contributed by atoms with E-state index in [1.165, 1.54) is 4.90 Å². The Balaban J connectivity index is 2.40. The van der Waals surface area contributed by atoms with Crippen molar-refractivity contribution in [1.82, 2.24) is 4.90 Å². The summed E-state index contributed by atoms with van der Waals surface area (Å²) in [5.41, 5.74) is 0.102. The number of carbonyl (C=O) groups is 1. The topological polar surface area (TPSA) is 49.8 Å². The van der Waals surface area contributed by atoms with Crippen LogP contribution in [-0.2, 0) is 4.74 Å². The van der Waals surface area contributed by atoms with Crippen LogP contribution in [0.25, 0.3) is 0 Å². The molecule has 4 heteroatoms. The first-order chi connectivity index (χ1) is 8.47. The molecule has 1 fully saturated rings. The van der Waals surface area contributed by atoms with E-state index in [1.807, 2.05) is 30.3 Å². The lowest BCUT2D eigenvalue weighted by Gasteiger charge is -2.29. The molecule has 0 aliphatic carbocycles. The van der Waals surface area contributed by atoms with E-state index in [1.54, 1.807) is 19.9 Å². The molecule has 96 valence electrons. The summed E-state index contributed by atoms with van der Waals surface area (Å²) >= 11 is 0. The van der Waals surface area contributed by atoms with Crippen LogP contribution in [0.1, 0.15) is 25.5 Å². The predicted molar refractivity (Wildman–Crippen MR) is 68.2 cm³/mol. The van der Waals surface area contributed by atoms with Crippen molar-refractivity contribution in [2.45, 2.75) is 31.7 Å². The molecule has 1 amide bonds. The van der Waals surface area contributed by atoms with Crippen LogP contribution >= 0.6 is 0 Å². The largest absolute Gasteiger partial charge is 0.465 e.